The standard InChI is InChI=1S/C11H6FNOS/c1-2-8-5-10(12)4-3-9(8)6-11(14)13-7-15/h1,3-5H,6H2. The van der Waals surface area contributed by atoms with Gasteiger partial charge in [-0.15, -0.1) is 6.42 Å². The van der Waals surface area contributed by atoms with Crippen molar-refractivity contribution in [2.24, 2.45) is 4.99 Å². The maximum atomic E-state index is 12.8. The van der Waals surface area contributed by atoms with Gasteiger partial charge in [-0.2, -0.15) is 4.99 Å². The highest BCUT2D eigenvalue weighted by Crippen LogP contribution is 2.11. The van der Waals surface area contributed by atoms with E-state index in [1.54, 1.807) is 0 Å². The highest BCUT2D eigenvalue weighted by Gasteiger charge is 2.06. The SMILES string of the molecule is C#Cc1cc(F)ccc1CC(=O)N=C=S. The molecule has 0 atom stereocenters. The summed E-state index contributed by atoms with van der Waals surface area (Å²) in [5, 5.41) is 1.97. The van der Waals surface area contributed by atoms with Gasteiger partial charge in [0.2, 0.25) is 0 Å². The van der Waals surface area contributed by atoms with Crippen LogP contribution in [0.25, 0.3) is 0 Å². The van der Waals surface area contributed by atoms with Crippen LogP contribution in [-0.4, -0.2) is 11.1 Å². The molecular weight excluding hydrogens is 213 g/mol. The fourth-order valence-corrected chi connectivity index (χ4v) is 1.19. The van der Waals surface area contributed by atoms with Crippen LogP contribution >= 0.6 is 12.2 Å². The number of aliphatic imine (C=N–C) groups is 1. The third-order valence-electron chi connectivity index (χ3n) is 1.74. The van der Waals surface area contributed by atoms with Gasteiger partial charge in [-0.1, -0.05) is 12.0 Å². The number of isothiocyanates is 1. The number of halogens is 1. The summed E-state index contributed by atoms with van der Waals surface area (Å²) in [7, 11) is 0. The van der Waals surface area contributed by atoms with Gasteiger partial charge < -0.3 is 0 Å². The number of nitrogens with zero attached hydrogens (tertiary/aromatic N) is 1. The summed E-state index contributed by atoms with van der Waals surface area (Å²) < 4.78 is 12.8. The Hall–Kier alpha value is -1.82. The van der Waals surface area contributed by atoms with E-state index in [0.29, 0.717) is 11.1 Å². The molecule has 0 aromatic heterocycles. The Kier molecular flexibility index (Phi) is 3.87. The van der Waals surface area contributed by atoms with E-state index in [9.17, 15) is 9.18 Å². The number of thiocarbonyl (C=S) groups is 1. The summed E-state index contributed by atoms with van der Waals surface area (Å²) in [6, 6.07) is 3.90. The van der Waals surface area contributed by atoms with Crippen LogP contribution in [0.1, 0.15) is 11.1 Å². The van der Waals surface area contributed by atoms with E-state index < -0.39 is 11.7 Å². The lowest BCUT2D eigenvalue weighted by Crippen LogP contribution is -2.01. The number of hydrogen-bond acceptors (Lipinski definition) is 2. The van der Waals surface area contributed by atoms with Crippen LogP contribution in [0.2, 0.25) is 0 Å². The Morgan fingerprint density at radius 3 is 2.93 bits per heavy atom. The van der Waals surface area contributed by atoms with Crippen LogP contribution in [0.3, 0.4) is 0 Å². The van der Waals surface area contributed by atoms with E-state index in [4.69, 9.17) is 6.42 Å². The molecule has 0 unspecified atom stereocenters. The lowest BCUT2D eigenvalue weighted by molar-refractivity contribution is -0.117. The number of carbonyl (C=O) groups excluding carboxylic acids is 1. The molecule has 0 heterocycles. The monoisotopic (exact) mass is 219 g/mol. The van der Waals surface area contributed by atoms with Crippen molar-refractivity contribution in [3.05, 3.63) is 35.1 Å². The highest BCUT2D eigenvalue weighted by atomic mass is 32.1. The largest absolute Gasteiger partial charge is 0.271 e. The van der Waals surface area contributed by atoms with Crippen molar-refractivity contribution in [3.8, 4) is 12.3 Å². The van der Waals surface area contributed by atoms with Crippen LogP contribution in [0, 0.1) is 18.2 Å². The van der Waals surface area contributed by atoms with E-state index in [1.807, 2.05) is 5.16 Å². The summed E-state index contributed by atoms with van der Waals surface area (Å²) in [6.07, 6.45) is 5.18. The zero-order chi connectivity index (χ0) is 11.3. The molecule has 2 nitrogen and oxygen atoms in total. The number of terminal acetylenes is 1. The minimum absolute atomic E-state index is 0.00343. The maximum Gasteiger partial charge on any atom is 0.258 e. The second-order valence-corrected chi connectivity index (χ2v) is 2.90. The maximum absolute atomic E-state index is 12.8. The van der Waals surface area contributed by atoms with Crippen LogP contribution < -0.4 is 0 Å². The number of carbonyl (C=O) groups is 1. The third-order valence-corrected chi connectivity index (χ3v) is 1.83. The van der Waals surface area contributed by atoms with E-state index >= 15 is 0 Å². The fourth-order valence-electron chi connectivity index (χ4n) is 1.09. The Labute approximate surface area is 91.8 Å². The first-order valence-electron chi connectivity index (χ1n) is 4.03. The van der Waals surface area contributed by atoms with E-state index in [-0.39, 0.29) is 6.42 Å². The number of benzene rings is 1. The van der Waals surface area contributed by atoms with Crippen LogP contribution in [-0.2, 0) is 11.2 Å². The Morgan fingerprint density at radius 2 is 2.33 bits per heavy atom. The predicted molar refractivity (Wildman–Crippen MR) is 58.1 cm³/mol. The van der Waals surface area contributed by atoms with Gasteiger partial charge in [0, 0.05) is 5.56 Å². The molecule has 0 fully saturated rings. The fraction of sp³-hybridized carbons (Fsp3) is 0.0909. The third kappa shape index (κ3) is 3.10. The van der Waals surface area contributed by atoms with Gasteiger partial charge in [-0.25, -0.2) is 4.39 Å². The molecule has 0 N–H and O–H groups in total. The molecule has 1 rings (SSSR count). The smallest absolute Gasteiger partial charge is 0.258 e. The molecule has 15 heavy (non-hydrogen) atoms. The zero-order valence-corrected chi connectivity index (χ0v) is 8.47. The van der Waals surface area contributed by atoms with Gasteiger partial charge in [0.1, 0.15) is 5.82 Å². The summed E-state index contributed by atoms with van der Waals surface area (Å²) in [5.74, 6) is 1.42. The molecule has 0 saturated carbocycles. The van der Waals surface area contributed by atoms with Crippen LogP contribution in [0.4, 0.5) is 4.39 Å². The van der Waals surface area contributed by atoms with E-state index in [0.717, 1.165) is 0 Å². The van der Waals surface area contributed by atoms with Crippen molar-refractivity contribution in [3.63, 3.8) is 0 Å². The van der Waals surface area contributed by atoms with E-state index in [1.165, 1.54) is 18.2 Å². The Morgan fingerprint density at radius 1 is 1.60 bits per heavy atom. The molecule has 0 bridgehead atoms. The van der Waals surface area contributed by atoms with Crippen molar-refractivity contribution < 1.29 is 9.18 Å². The highest BCUT2D eigenvalue weighted by molar-refractivity contribution is 7.78. The number of rotatable bonds is 2. The zero-order valence-electron chi connectivity index (χ0n) is 7.66. The average molecular weight is 219 g/mol. The molecule has 0 spiro atoms. The van der Waals surface area contributed by atoms with Gasteiger partial charge >= 0.3 is 0 Å². The quantitative estimate of drug-likeness (QED) is 0.432. The van der Waals surface area contributed by atoms with Crippen molar-refractivity contribution >= 4 is 23.3 Å². The minimum Gasteiger partial charge on any atom is -0.271 e. The second-order valence-electron chi connectivity index (χ2n) is 2.72. The second kappa shape index (κ2) is 5.16. The van der Waals surface area contributed by atoms with Crippen LogP contribution in [0.15, 0.2) is 23.2 Å². The number of hydrogen-bond donors (Lipinski definition) is 0. The molecule has 0 aliphatic rings. The Bertz CT molecular complexity index is 484. The molecule has 0 aliphatic carbocycles. The summed E-state index contributed by atoms with van der Waals surface area (Å²) in [5.41, 5.74) is 0.904. The molecule has 1 amide bonds. The van der Waals surface area contributed by atoms with E-state index in [2.05, 4.69) is 23.1 Å². The minimum atomic E-state index is -0.451. The molecule has 74 valence electrons. The summed E-state index contributed by atoms with van der Waals surface area (Å²) >= 11 is 4.29. The van der Waals surface area contributed by atoms with Gasteiger partial charge in [-0.05, 0) is 29.9 Å². The van der Waals surface area contributed by atoms with Gasteiger partial charge in [-0.3, -0.25) is 4.79 Å². The normalized spacial score (nSPS) is 8.80. The Balaban J connectivity index is 3.00. The summed E-state index contributed by atoms with van der Waals surface area (Å²) in [6.45, 7) is 0. The van der Waals surface area contributed by atoms with Gasteiger partial charge in [0.05, 0.1) is 11.6 Å². The molecule has 1 aromatic rings. The first kappa shape index (κ1) is 11.3. The molecule has 0 saturated heterocycles. The van der Waals surface area contributed by atoms with Gasteiger partial charge in [0.25, 0.3) is 5.91 Å². The van der Waals surface area contributed by atoms with Crippen molar-refractivity contribution in [1.82, 2.24) is 0 Å². The summed E-state index contributed by atoms with van der Waals surface area (Å²) in [4.78, 5) is 14.4. The molecule has 0 radical (unpaired) electrons. The average Bonchev–Trinajstić information content (AvgIpc) is 2.21. The lowest BCUT2D eigenvalue weighted by atomic mass is 10.0. The van der Waals surface area contributed by atoms with Crippen molar-refractivity contribution in [1.29, 1.82) is 0 Å². The molecular formula is C11H6FNOS. The molecule has 1 aromatic carbocycles. The first-order valence-corrected chi connectivity index (χ1v) is 4.44. The van der Waals surface area contributed by atoms with Crippen LogP contribution in [0.5, 0.6) is 0 Å². The lowest BCUT2D eigenvalue weighted by Gasteiger charge is -2.01. The van der Waals surface area contributed by atoms with Gasteiger partial charge in [0.15, 0.2) is 0 Å². The van der Waals surface area contributed by atoms with Crippen molar-refractivity contribution in [2.45, 2.75) is 6.42 Å². The predicted octanol–water partition coefficient (Wildman–Crippen LogP) is 1.98. The molecule has 4 heteroatoms. The number of amides is 1. The first-order chi connectivity index (χ1) is 7.17. The molecule has 0 aliphatic heterocycles. The van der Waals surface area contributed by atoms with Crippen molar-refractivity contribution in [2.75, 3.05) is 0 Å². The topological polar surface area (TPSA) is 29.4 Å².